The molecule has 0 amide bonds. The zero-order valence-electron chi connectivity index (χ0n) is 11.4. The van der Waals surface area contributed by atoms with Crippen molar-refractivity contribution in [2.24, 2.45) is 5.73 Å². The van der Waals surface area contributed by atoms with E-state index in [9.17, 15) is 8.42 Å². The van der Waals surface area contributed by atoms with Gasteiger partial charge in [0.2, 0.25) is 0 Å². The Morgan fingerprint density at radius 2 is 1.95 bits per heavy atom. The summed E-state index contributed by atoms with van der Waals surface area (Å²) in [6.45, 7) is 0. The van der Waals surface area contributed by atoms with Gasteiger partial charge in [-0.1, -0.05) is 45.7 Å². The summed E-state index contributed by atoms with van der Waals surface area (Å²) >= 11 is 9.54. The second kappa shape index (κ2) is 6.48. The highest BCUT2D eigenvalue weighted by molar-refractivity contribution is 9.10. The molecule has 3 nitrogen and oxygen atoms in total. The van der Waals surface area contributed by atoms with Crippen molar-refractivity contribution >= 4 is 37.4 Å². The fraction of sp³-hybridized carbons (Fsp3) is 0.200. The Balaban J connectivity index is 2.26. The highest BCUT2D eigenvalue weighted by Gasteiger charge is 2.13. The number of benzene rings is 2. The summed E-state index contributed by atoms with van der Waals surface area (Å²) in [5.74, 6) is 0. The molecule has 112 valence electrons. The Kier molecular flexibility index (Phi) is 5.09. The number of hydrogen-bond donors (Lipinski definition) is 1. The Bertz CT molecular complexity index is 762. The molecule has 0 aliphatic heterocycles. The van der Waals surface area contributed by atoms with E-state index in [0.29, 0.717) is 11.4 Å². The SMILES string of the molecule is CS(=O)(=O)c1cccc(C(N)Cc2ccc(Br)cc2Cl)c1. The van der Waals surface area contributed by atoms with Gasteiger partial charge in [-0.25, -0.2) is 8.42 Å². The maximum atomic E-state index is 11.6. The van der Waals surface area contributed by atoms with Crippen molar-refractivity contribution in [2.45, 2.75) is 17.4 Å². The molecule has 1 atom stereocenters. The van der Waals surface area contributed by atoms with E-state index in [0.717, 1.165) is 15.6 Å². The molecule has 2 aromatic carbocycles. The predicted octanol–water partition coefficient (Wildman–Crippen LogP) is 3.75. The first-order chi connectivity index (χ1) is 9.77. The number of rotatable bonds is 4. The molecule has 2 N–H and O–H groups in total. The van der Waals surface area contributed by atoms with Crippen LogP contribution in [0.2, 0.25) is 5.02 Å². The van der Waals surface area contributed by atoms with Gasteiger partial charge in [0.05, 0.1) is 4.90 Å². The molecule has 0 bridgehead atoms. The quantitative estimate of drug-likeness (QED) is 0.867. The maximum absolute atomic E-state index is 11.6. The molecule has 0 aromatic heterocycles. The molecule has 21 heavy (non-hydrogen) atoms. The molecule has 0 spiro atoms. The molecule has 0 heterocycles. The van der Waals surface area contributed by atoms with Gasteiger partial charge in [0, 0.05) is 21.8 Å². The summed E-state index contributed by atoms with van der Waals surface area (Å²) in [6, 6.07) is 12.0. The average Bonchev–Trinajstić information content (AvgIpc) is 2.41. The molecular weight excluding hydrogens is 374 g/mol. The summed E-state index contributed by atoms with van der Waals surface area (Å²) in [5.41, 5.74) is 7.88. The number of nitrogens with two attached hydrogens (primary N) is 1. The summed E-state index contributed by atoms with van der Waals surface area (Å²) in [6.07, 6.45) is 1.72. The molecule has 0 aliphatic rings. The van der Waals surface area contributed by atoms with Crippen molar-refractivity contribution in [3.8, 4) is 0 Å². The molecule has 0 aliphatic carbocycles. The minimum atomic E-state index is -3.23. The van der Waals surface area contributed by atoms with Crippen molar-refractivity contribution in [3.63, 3.8) is 0 Å². The van der Waals surface area contributed by atoms with E-state index >= 15 is 0 Å². The summed E-state index contributed by atoms with van der Waals surface area (Å²) in [7, 11) is -3.23. The van der Waals surface area contributed by atoms with E-state index in [4.69, 9.17) is 17.3 Å². The topological polar surface area (TPSA) is 60.2 Å². The van der Waals surface area contributed by atoms with Crippen molar-refractivity contribution in [1.82, 2.24) is 0 Å². The van der Waals surface area contributed by atoms with Gasteiger partial charge in [0.25, 0.3) is 0 Å². The van der Waals surface area contributed by atoms with Gasteiger partial charge < -0.3 is 5.73 Å². The maximum Gasteiger partial charge on any atom is 0.175 e. The lowest BCUT2D eigenvalue weighted by molar-refractivity contribution is 0.601. The third kappa shape index (κ3) is 4.30. The lowest BCUT2D eigenvalue weighted by Gasteiger charge is -2.14. The van der Waals surface area contributed by atoms with Crippen molar-refractivity contribution in [1.29, 1.82) is 0 Å². The van der Waals surface area contributed by atoms with Crippen molar-refractivity contribution in [2.75, 3.05) is 6.26 Å². The Hall–Kier alpha value is -0.880. The highest BCUT2D eigenvalue weighted by Crippen LogP contribution is 2.26. The van der Waals surface area contributed by atoms with Crippen LogP contribution in [0.5, 0.6) is 0 Å². The summed E-state index contributed by atoms with van der Waals surface area (Å²) < 4.78 is 24.1. The third-order valence-electron chi connectivity index (χ3n) is 3.17. The Morgan fingerprint density at radius 1 is 1.24 bits per heavy atom. The standard InChI is InChI=1S/C15H15BrClNO2S/c1-21(19,20)13-4-2-3-11(7-13)15(18)8-10-5-6-12(16)9-14(10)17/h2-7,9,15H,8,18H2,1H3. The van der Waals surface area contributed by atoms with Gasteiger partial charge in [-0.3, -0.25) is 0 Å². The van der Waals surface area contributed by atoms with Gasteiger partial charge >= 0.3 is 0 Å². The summed E-state index contributed by atoms with van der Waals surface area (Å²) in [5, 5.41) is 0.638. The Labute approximate surface area is 138 Å². The molecular formula is C15H15BrClNO2S. The second-order valence-corrected chi connectivity index (χ2v) is 8.23. The highest BCUT2D eigenvalue weighted by atomic mass is 79.9. The smallest absolute Gasteiger partial charge is 0.175 e. The first-order valence-electron chi connectivity index (χ1n) is 6.27. The second-order valence-electron chi connectivity index (χ2n) is 4.89. The van der Waals surface area contributed by atoms with Crippen LogP contribution in [0, 0.1) is 0 Å². The van der Waals surface area contributed by atoms with Gasteiger partial charge in [-0.05, 0) is 41.8 Å². The molecule has 2 aromatic rings. The van der Waals surface area contributed by atoms with E-state index in [1.165, 1.54) is 6.26 Å². The monoisotopic (exact) mass is 387 g/mol. The van der Waals surface area contributed by atoms with Crippen LogP contribution < -0.4 is 5.73 Å². The van der Waals surface area contributed by atoms with Crippen LogP contribution in [0.3, 0.4) is 0 Å². The molecule has 6 heteroatoms. The number of halogens is 2. The average molecular weight is 389 g/mol. The molecule has 0 fully saturated rings. The minimum absolute atomic E-state index is 0.275. The van der Waals surface area contributed by atoms with Gasteiger partial charge in [0.1, 0.15) is 0 Å². The normalized spacial score (nSPS) is 13.1. The lowest BCUT2D eigenvalue weighted by Crippen LogP contribution is -2.14. The van der Waals surface area contributed by atoms with E-state index in [1.807, 2.05) is 24.3 Å². The van der Waals surface area contributed by atoms with E-state index < -0.39 is 9.84 Å². The molecule has 0 radical (unpaired) electrons. The van der Waals surface area contributed by atoms with Crippen LogP contribution in [-0.2, 0) is 16.3 Å². The Morgan fingerprint density at radius 3 is 2.57 bits per heavy atom. The lowest BCUT2D eigenvalue weighted by atomic mass is 10.00. The van der Waals surface area contributed by atoms with Crippen LogP contribution in [-0.4, -0.2) is 14.7 Å². The first-order valence-corrected chi connectivity index (χ1v) is 9.33. The summed E-state index contributed by atoms with van der Waals surface area (Å²) in [4.78, 5) is 0.275. The van der Waals surface area contributed by atoms with Crippen LogP contribution in [0.25, 0.3) is 0 Å². The molecule has 2 rings (SSSR count). The first kappa shape index (κ1) is 16.5. The molecule has 0 saturated carbocycles. The minimum Gasteiger partial charge on any atom is -0.324 e. The van der Waals surface area contributed by atoms with Crippen LogP contribution in [0.15, 0.2) is 51.8 Å². The van der Waals surface area contributed by atoms with Gasteiger partial charge in [-0.2, -0.15) is 0 Å². The number of hydrogen-bond acceptors (Lipinski definition) is 3. The van der Waals surface area contributed by atoms with Gasteiger partial charge in [0.15, 0.2) is 9.84 Å². The van der Waals surface area contributed by atoms with Crippen molar-refractivity contribution in [3.05, 3.63) is 63.1 Å². The van der Waals surface area contributed by atoms with E-state index in [2.05, 4.69) is 15.9 Å². The van der Waals surface area contributed by atoms with E-state index in [1.54, 1.807) is 18.2 Å². The van der Waals surface area contributed by atoms with Crippen molar-refractivity contribution < 1.29 is 8.42 Å². The number of sulfone groups is 1. The zero-order valence-corrected chi connectivity index (χ0v) is 14.5. The largest absolute Gasteiger partial charge is 0.324 e. The van der Waals surface area contributed by atoms with Gasteiger partial charge in [-0.15, -0.1) is 0 Å². The predicted molar refractivity (Wildman–Crippen MR) is 89.3 cm³/mol. The molecule has 0 saturated heterocycles. The van der Waals surface area contributed by atoms with E-state index in [-0.39, 0.29) is 10.9 Å². The van der Waals surface area contributed by atoms with Crippen LogP contribution in [0.4, 0.5) is 0 Å². The fourth-order valence-corrected chi connectivity index (χ4v) is 3.44. The fourth-order valence-electron chi connectivity index (χ4n) is 2.02. The van der Waals surface area contributed by atoms with Crippen LogP contribution >= 0.6 is 27.5 Å². The zero-order chi connectivity index (χ0) is 15.6. The molecule has 1 unspecified atom stereocenters. The van der Waals surface area contributed by atoms with Crippen LogP contribution in [0.1, 0.15) is 17.2 Å². The third-order valence-corrected chi connectivity index (χ3v) is 5.12.